The van der Waals surface area contributed by atoms with Crippen molar-refractivity contribution in [2.45, 2.75) is 30.9 Å². The Bertz CT molecular complexity index is 903. The molecule has 0 aliphatic carbocycles. The molecule has 0 saturated carbocycles. The molecule has 0 aliphatic heterocycles. The number of aryl methyl sites for hydroxylation is 1. The Balaban J connectivity index is 2.14. The maximum absolute atomic E-state index is 12.2. The molecule has 1 heterocycles. The first-order valence-corrected chi connectivity index (χ1v) is 10.2. The lowest BCUT2D eigenvalue weighted by Gasteiger charge is -2.12. The molecule has 1 aromatic carbocycles. The van der Waals surface area contributed by atoms with E-state index >= 15 is 0 Å². The third kappa shape index (κ3) is 4.60. The first-order valence-electron chi connectivity index (χ1n) is 6.66. The van der Waals surface area contributed by atoms with Crippen molar-refractivity contribution in [2.75, 3.05) is 6.26 Å². The highest BCUT2D eigenvalue weighted by Gasteiger charge is 2.24. The van der Waals surface area contributed by atoms with Crippen molar-refractivity contribution >= 4 is 19.9 Å². The molecule has 8 nitrogen and oxygen atoms in total. The van der Waals surface area contributed by atoms with E-state index in [2.05, 4.69) is 14.9 Å². The lowest BCUT2D eigenvalue weighted by molar-refractivity contribution is 0.373. The van der Waals surface area contributed by atoms with Crippen LogP contribution < -0.4 is 4.72 Å². The Hall–Kier alpha value is -1.78. The van der Waals surface area contributed by atoms with E-state index in [0.29, 0.717) is 5.56 Å². The zero-order valence-corrected chi connectivity index (χ0v) is 14.5. The van der Waals surface area contributed by atoms with Gasteiger partial charge in [-0.05, 0) is 25.0 Å². The normalized spacial score (nSPS) is 13.9. The quantitative estimate of drug-likeness (QED) is 0.816. The maximum atomic E-state index is 12.2. The number of sulfone groups is 1. The Kier molecular flexibility index (Phi) is 4.87. The largest absolute Gasteiger partial charge is 0.411 e. The average Bonchev–Trinajstić information content (AvgIpc) is 2.90. The van der Waals surface area contributed by atoms with Gasteiger partial charge in [0.25, 0.3) is 0 Å². The molecule has 0 aliphatic rings. The first kappa shape index (κ1) is 17.6. The SMILES string of the molecule is Cc1ccccc1CS(=O)(=O)N[C@@H](C)c1nnc(S(C)(=O)=O)o1. The number of hydrogen-bond donors (Lipinski definition) is 1. The number of benzene rings is 1. The summed E-state index contributed by atoms with van der Waals surface area (Å²) in [6.45, 7) is 3.32. The smallest absolute Gasteiger partial charge is 0.335 e. The Labute approximate surface area is 134 Å². The van der Waals surface area contributed by atoms with Gasteiger partial charge in [0.05, 0.1) is 11.8 Å². The van der Waals surface area contributed by atoms with Crippen LogP contribution in [-0.4, -0.2) is 33.3 Å². The summed E-state index contributed by atoms with van der Waals surface area (Å²) in [7, 11) is -7.29. The van der Waals surface area contributed by atoms with E-state index < -0.39 is 31.1 Å². The van der Waals surface area contributed by atoms with Gasteiger partial charge in [-0.1, -0.05) is 29.4 Å². The molecule has 0 fully saturated rings. The average molecular weight is 359 g/mol. The fourth-order valence-corrected chi connectivity index (χ4v) is 3.77. The van der Waals surface area contributed by atoms with Crippen LogP contribution in [-0.2, 0) is 25.6 Å². The molecule has 0 bridgehead atoms. The summed E-state index contributed by atoms with van der Waals surface area (Å²) in [5.41, 5.74) is 1.54. The highest BCUT2D eigenvalue weighted by atomic mass is 32.2. The van der Waals surface area contributed by atoms with E-state index in [1.165, 1.54) is 6.92 Å². The van der Waals surface area contributed by atoms with Gasteiger partial charge in [-0.25, -0.2) is 21.6 Å². The molecule has 1 aromatic heterocycles. The van der Waals surface area contributed by atoms with Crippen LogP contribution in [0.1, 0.15) is 30.0 Å². The lowest BCUT2D eigenvalue weighted by atomic mass is 10.1. The number of hydrogen-bond acceptors (Lipinski definition) is 7. The first-order chi connectivity index (χ1) is 10.6. The molecule has 0 saturated heterocycles. The van der Waals surface area contributed by atoms with E-state index in [1.54, 1.807) is 12.1 Å². The van der Waals surface area contributed by atoms with Gasteiger partial charge in [0.15, 0.2) is 0 Å². The number of nitrogens with zero attached hydrogens (tertiary/aromatic N) is 2. The molecule has 2 rings (SSSR count). The van der Waals surface area contributed by atoms with Gasteiger partial charge in [0.1, 0.15) is 0 Å². The molecule has 1 atom stereocenters. The van der Waals surface area contributed by atoms with E-state index in [0.717, 1.165) is 11.8 Å². The topological polar surface area (TPSA) is 119 Å². The third-order valence-corrected chi connectivity index (χ3v) is 5.28. The summed E-state index contributed by atoms with van der Waals surface area (Å²) in [6, 6.07) is 6.30. The van der Waals surface area contributed by atoms with Crippen molar-refractivity contribution in [1.29, 1.82) is 0 Å². The number of rotatable bonds is 6. The molecule has 0 spiro atoms. The second-order valence-electron chi connectivity index (χ2n) is 5.20. The van der Waals surface area contributed by atoms with Gasteiger partial charge < -0.3 is 4.42 Å². The number of sulfonamides is 1. The molecule has 23 heavy (non-hydrogen) atoms. The molecule has 2 aromatic rings. The van der Waals surface area contributed by atoms with E-state index in [9.17, 15) is 16.8 Å². The van der Waals surface area contributed by atoms with Crippen LogP contribution in [0.3, 0.4) is 0 Å². The predicted molar refractivity (Wildman–Crippen MR) is 82.8 cm³/mol. The standard InChI is InChI=1S/C13H17N3O5S2/c1-9-6-4-5-7-11(9)8-23(19,20)16-10(2)12-14-15-13(21-12)22(3,17)18/h4-7,10,16H,8H2,1-3H3/t10-/m0/s1. The second kappa shape index (κ2) is 6.38. The van der Waals surface area contributed by atoms with Crippen LogP contribution >= 0.6 is 0 Å². The van der Waals surface area contributed by atoms with Gasteiger partial charge in [-0.15, -0.1) is 5.10 Å². The van der Waals surface area contributed by atoms with Crippen LogP contribution in [0.5, 0.6) is 0 Å². The molecular formula is C13H17N3O5S2. The van der Waals surface area contributed by atoms with Crippen LogP contribution in [0.25, 0.3) is 0 Å². The number of aromatic nitrogens is 2. The zero-order valence-electron chi connectivity index (χ0n) is 12.8. The highest BCUT2D eigenvalue weighted by molar-refractivity contribution is 7.90. The minimum atomic E-state index is -3.66. The fraction of sp³-hybridized carbons (Fsp3) is 0.385. The van der Waals surface area contributed by atoms with Gasteiger partial charge in [-0.2, -0.15) is 0 Å². The van der Waals surface area contributed by atoms with Crippen molar-refractivity contribution in [1.82, 2.24) is 14.9 Å². The van der Waals surface area contributed by atoms with Crippen LogP contribution in [0, 0.1) is 6.92 Å². The van der Waals surface area contributed by atoms with E-state index in [4.69, 9.17) is 4.42 Å². The summed E-state index contributed by atoms with van der Waals surface area (Å²) in [5, 5.41) is 6.42. The Morgan fingerprint density at radius 1 is 1.17 bits per heavy atom. The summed E-state index contributed by atoms with van der Waals surface area (Å²) < 4.78 is 54.4. The lowest BCUT2D eigenvalue weighted by Crippen LogP contribution is -2.28. The fourth-order valence-electron chi connectivity index (χ4n) is 1.88. The molecular weight excluding hydrogens is 342 g/mol. The van der Waals surface area contributed by atoms with Crippen LogP contribution in [0.15, 0.2) is 33.9 Å². The summed E-state index contributed by atoms with van der Waals surface area (Å²) in [6.07, 6.45) is 0.928. The maximum Gasteiger partial charge on any atom is 0.335 e. The molecule has 0 radical (unpaired) electrons. The number of nitrogens with one attached hydrogen (secondary N) is 1. The minimum Gasteiger partial charge on any atom is -0.411 e. The van der Waals surface area contributed by atoms with Crippen molar-refractivity contribution in [3.8, 4) is 0 Å². The summed E-state index contributed by atoms with van der Waals surface area (Å²) in [5.74, 6) is -0.310. The molecule has 10 heteroatoms. The van der Waals surface area contributed by atoms with Gasteiger partial charge in [0.2, 0.25) is 25.8 Å². The summed E-state index contributed by atoms with van der Waals surface area (Å²) in [4.78, 5) is 0. The second-order valence-corrected chi connectivity index (χ2v) is 8.85. The van der Waals surface area contributed by atoms with Crippen molar-refractivity contribution in [3.05, 3.63) is 41.3 Å². The van der Waals surface area contributed by atoms with Crippen LogP contribution in [0.2, 0.25) is 0 Å². The van der Waals surface area contributed by atoms with Crippen LogP contribution in [0.4, 0.5) is 0 Å². The monoisotopic (exact) mass is 359 g/mol. The van der Waals surface area contributed by atoms with Gasteiger partial charge in [0, 0.05) is 6.26 Å². The van der Waals surface area contributed by atoms with Crippen molar-refractivity contribution in [2.24, 2.45) is 0 Å². The van der Waals surface area contributed by atoms with Gasteiger partial charge in [-0.3, -0.25) is 0 Å². The molecule has 1 N–H and O–H groups in total. The Morgan fingerprint density at radius 3 is 2.39 bits per heavy atom. The van der Waals surface area contributed by atoms with E-state index in [-0.39, 0.29) is 11.6 Å². The zero-order chi connectivity index (χ0) is 17.3. The minimum absolute atomic E-state index is 0.112. The van der Waals surface area contributed by atoms with E-state index in [1.807, 2.05) is 19.1 Å². The third-order valence-electron chi connectivity index (χ3n) is 3.07. The summed E-state index contributed by atoms with van der Waals surface area (Å²) >= 11 is 0. The molecule has 126 valence electrons. The highest BCUT2D eigenvalue weighted by Crippen LogP contribution is 2.17. The van der Waals surface area contributed by atoms with Gasteiger partial charge >= 0.3 is 5.22 Å². The van der Waals surface area contributed by atoms with Crippen molar-refractivity contribution in [3.63, 3.8) is 0 Å². The Morgan fingerprint density at radius 2 is 1.83 bits per heavy atom. The van der Waals surface area contributed by atoms with Crippen molar-refractivity contribution < 1.29 is 21.3 Å². The predicted octanol–water partition coefficient (Wildman–Crippen LogP) is 0.962. The molecule has 0 unspecified atom stereocenters. The molecule has 0 amide bonds.